The van der Waals surface area contributed by atoms with E-state index in [0.717, 1.165) is 44.8 Å². The number of rotatable bonds is 5. The highest BCUT2D eigenvalue weighted by molar-refractivity contribution is 5.45. The lowest BCUT2D eigenvalue weighted by molar-refractivity contribution is 0.0821. The van der Waals surface area contributed by atoms with Crippen LogP contribution in [0, 0.1) is 0 Å². The highest BCUT2D eigenvalue weighted by atomic mass is 16.5. The predicted molar refractivity (Wildman–Crippen MR) is 83.2 cm³/mol. The lowest BCUT2D eigenvalue weighted by atomic mass is 10.1. The summed E-state index contributed by atoms with van der Waals surface area (Å²) >= 11 is 0. The molecule has 20 heavy (non-hydrogen) atoms. The van der Waals surface area contributed by atoms with E-state index in [1.165, 1.54) is 5.69 Å². The molecule has 2 rings (SSSR count). The van der Waals surface area contributed by atoms with Gasteiger partial charge in [0.05, 0.1) is 23.7 Å². The molecule has 0 amide bonds. The molecule has 1 saturated heterocycles. The minimum Gasteiger partial charge on any atom is -0.377 e. The standard InChI is InChI=1S/C16H27N3O/c1-4-15(17-5-2)16-8-7-14(11-18-16)19-9-6-10-20-13(3)12-19/h7-8,11,13,15,17H,4-6,9-10,12H2,1-3H3. The largest absolute Gasteiger partial charge is 0.377 e. The van der Waals surface area contributed by atoms with E-state index in [2.05, 4.69) is 48.1 Å². The van der Waals surface area contributed by atoms with Gasteiger partial charge in [-0.05, 0) is 38.4 Å². The number of pyridine rings is 1. The van der Waals surface area contributed by atoms with E-state index in [9.17, 15) is 0 Å². The smallest absolute Gasteiger partial charge is 0.0721 e. The van der Waals surface area contributed by atoms with Gasteiger partial charge in [0.25, 0.3) is 0 Å². The number of ether oxygens (including phenoxy) is 1. The Morgan fingerprint density at radius 1 is 1.45 bits per heavy atom. The van der Waals surface area contributed by atoms with E-state index in [-0.39, 0.29) is 0 Å². The second kappa shape index (κ2) is 7.60. The second-order valence-corrected chi connectivity index (χ2v) is 5.44. The maximum absolute atomic E-state index is 5.69. The minimum atomic E-state index is 0.294. The summed E-state index contributed by atoms with van der Waals surface area (Å²) < 4.78 is 5.69. The van der Waals surface area contributed by atoms with E-state index in [0.29, 0.717) is 12.1 Å². The van der Waals surface area contributed by atoms with Crippen LogP contribution in [0.4, 0.5) is 5.69 Å². The van der Waals surface area contributed by atoms with Crippen molar-refractivity contribution < 1.29 is 4.74 Å². The summed E-state index contributed by atoms with van der Waals surface area (Å²) in [6.45, 7) is 10.3. The van der Waals surface area contributed by atoms with Crippen molar-refractivity contribution in [2.45, 2.75) is 45.8 Å². The van der Waals surface area contributed by atoms with Crippen LogP contribution >= 0.6 is 0 Å². The lowest BCUT2D eigenvalue weighted by Crippen LogP contribution is -2.30. The third kappa shape index (κ3) is 3.93. The minimum absolute atomic E-state index is 0.294. The number of anilines is 1. The Kier molecular flexibility index (Phi) is 5.80. The van der Waals surface area contributed by atoms with Crippen molar-refractivity contribution in [1.29, 1.82) is 0 Å². The lowest BCUT2D eigenvalue weighted by Gasteiger charge is -2.24. The van der Waals surface area contributed by atoms with Crippen LogP contribution in [0.15, 0.2) is 18.3 Å². The molecule has 0 radical (unpaired) electrons. The summed E-state index contributed by atoms with van der Waals surface area (Å²) in [6.07, 6.45) is 4.45. The Morgan fingerprint density at radius 3 is 2.95 bits per heavy atom. The van der Waals surface area contributed by atoms with Gasteiger partial charge in [0.1, 0.15) is 0 Å². The molecule has 1 fully saturated rings. The van der Waals surface area contributed by atoms with Crippen molar-refractivity contribution in [1.82, 2.24) is 10.3 Å². The van der Waals surface area contributed by atoms with E-state index in [1.807, 2.05) is 6.20 Å². The molecular weight excluding hydrogens is 250 g/mol. The molecule has 1 N–H and O–H groups in total. The summed E-state index contributed by atoms with van der Waals surface area (Å²) in [7, 11) is 0. The molecule has 0 aliphatic carbocycles. The van der Waals surface area contributed by atoms with Gasteiger partial charge >= 0.3 is 0 Å². The van der Waals surface area contributed by atoms with E-state index >= 15 is 0 Å². The first-order chi connectivity index (χ1) is 9.74. The zero-order chi connectivity index (χ0) is 14.4. The van der Waals surface area contributed by atoms with Gasteiger partial charge in [-0.2, -0.15) is 0 Å². The Bertz CT molecular complexity index is 393. The van der Waals surface area contributed by atoms with Crippen molar-refractivity contribution in [3.63, 3.8) is 0 Å². The first-order valence-corrected chi connectivity index (χ1v) is 7.80. The molecule has 2 atom stereocenters. The van der Waals surface area contributed by atoms with E-state index < -0.39 is 0 Å². The molecule has 0 bridgehead atoms. The van der Waals surface area contributed by atoms with Gasteiger partial charge in [-0.15, -0.1) is 0 Å². The summed E-state index contributed by atoms with van der Waals surface area (Å²) in [4.78, 5) is 7.03. The third-order valence-corrected chi connectivity index (χ3v) is 3.80. The molecule has 4 heteroatoms. The Balaban J connectivity index is 2.06. The monoisotopic (exact) mass is 277 g/mol. The van der Waals surface area contributed by atoms with Crippen LogP contribution in [0.2, 0.25) is 0 Å². The normalized spacial score (nSPS) is 21.6. The van der Waals surface area contributed by atoms with Gasteiger partial charge in [0.2, 0.25) is 0 Å². The maximum atomic E-state index is 5.69. The van der Waals surface area contributed by atoms with Gasteiger partial charge in [-0.3, -0.25) is 4.98 Å². The highest BCUT2D eigenvalue weighted by Crippen LogP contribution is 2.20. The van der Waals surface area contributed by atoms with Crippen LogP contribution in [0.5, 0.6) is 0 Å². The Labute approximate surface area is 122 Å². The molecule has 4 nitrogen and oxygen atoms in total. The van der Waals surface area contributed by atoms with Crippen molar-refractivity contribution in [3.8, 4) is 0 Å². The van der Waals surface area contributed by atoms with Gasteiger partial charge in [0.15, 0.2) is 0 Å². The summed E-state index contributed by atoms with van der Waals surface area (Å²) in [6, 6.07) is 4.71. The third-order valence-electron chi connectivity index (χ3n) is 3.80. The van der Waals surface area contributed by atoms with Crippen LogP contribution in [-0.4, -0.2) is 37.3 Å². The number of hydrogen-bond donors (Lipinski definition) is 1. The molecule has 2 heterocycles. The zero-order valence-corrected chi connectivity index (χ0v) is 12.9. The molecule has 112 valence electrons. The van der Waals surface area contributed by atoms with Crippen molar-refractivity contribution in [2.24, 2.45) is 0 Å². The van der Waals surface area contributed by atoms with Crippen LogP contribution in [0.3, 0.4) is 0 Å². The maximum Gasteiger partial charge on any atom is 0.0721 e. The van der Waals surface area contributed by atoms with Crippen LogP contribution in [0.25, 0.3) is 0 Å². The fraction of sp³-hybridized carbons (Fsp3) is 0.688. The summed E-state index contributed by atoms with van der Waals surface area (Å²) in [5, 5.41) is 3.47. The molecule has 1 aromatic rings. The molecule has 0 aromatic carbocycles. The predicted octanol–water partition coefficient (Wildman–Crippen LogP) is 2.76. The summed E-state index contributed by atoms with van der Waals surface area (Å²) in [5.41, 5.74) is 2.34. The average Bonchev–Trinajstić information content (AvgIpc) is 2.69. The molecule has 2 unspecified atom stereocenters. The molecular formula is C16H27N3O. The first-order valence-electron chi connectivity index (χ1n) is 7.80. The quantitative estimate of drug-likeness (QED) is 0.898. The molecule has 0 spiro atoms. The molecule has 0 saturated carbocycles. The first kappa shape index (κ1) is 15.3. The average molecular weight is 277 g/mol. The molecule has 1 aliphatic heterocycles. The molecule has 1 aliphatic rings. The van der Waals surface area contributed by atoms with Gasteiger partial charge < -0.3 is 15.0 Å². The van der Waals surface area contributed by atoms with E-state index in [4.69, 9.17) is 4.74 Å². The topological polar surface area (TPSA) is 37.4 Å². The second-order valence-electron chi connectivity index (χ2n) is 5.44. The number of hydrogen-bond acceptors (Lipinski definition) is 4. The van der Waals surface area contributed by atoms with Gasteiger partial charge in [-0.1, -0.05) is 13.8 Å². The Morgan fingerprint density at radius 2 is 2.30 bits per heavy atom. The number of nitrogens with one attached hydrogen (secondary N) is 1. The Hall–Kier alpha value is -1.13. The van der Waals surface area contributed by atoms with Gasteiger partial charge in [-0.25, -0.2) is 0 Å². The van der Waals surface area contributed by atoms with Crippen LogP contribution in [0.1, 0.15) is 45.3 Å². The fourth-order valence-corrected chi connectivity index (χ4v) is 2.72. The van der Waals surface area contributed by atoms with Crippen LogP contribution < -0.4 is 10.2 Å². The zero-order valence-electron chi connectivity index (χ0n) is 12.9. The van der Waals surface area contributed by atoms with Crippen LogP contribution in [-0.2, 0) is 4.74 Å². The van der Waals surface area contributed by atoms with E-state index in [1.54, 1.807) is 0 Å². The van der Waals surface area contributed by atoms with Crippen molar-refractivity contribution >= 4 is 5.69 Å². The van der Waals surface area contributed by atoms with Crippen molar-refractivity contribution in [2.75, 3.05) is 31.1 Å². The SMILES string of the molecule is CCNC(CC)c1ccc(N2CCCOC(C)C2)cn1. The highest BCUT2D eigenvalue weighted by Gasteiger charge is 2.16. The van der Waals surface area contributed by atoms with Gasteiger partial charge in [0, 0.05) is 25.7 Å². The molecule has 1 aromatic heterocycles. The number of aromatic nitrogens is 1. The van der Waals surface area contributed by atoms with Crippen molar-refractivity contribution in [3.05, 3.63) is 24.0 Å². The number of nitrogens with zero attached hydrogens (tertiary/aromatic N) is 2. The summed E-state index contributed by atoms with van der Waals surface area (Å²) in [5.74, 6) is 0. The fourth-order valence-electron chi connectivity index (χ4n) is 2.72.